The van der Waals surface area contributed by atoms with Crippen molar-refractivity contribution in [3.05, 3.63) is 0 Å². The Labute approximate surface area is 91.8 Å². The predicted molar refractivity (Wildman–Crippen MR) is 59.9 cm³/mol. The number of piperidine rings is 1. The molecule has 1 saturated heterocycles. The van der Waals surface area contributed by atoms with Crippen molar-refractivity contribution in [2.24, 2.45) is 0 Å². The molecule has 1 fully saturated rings. The fourth-order valence-corrected chi connectivity index (χ4v) is 1.74. The summed E-state index contributed by atoms with van der Waals surface area (Å²) in [7, 11) is 0. The van der Waals surface area contributed by atoms with Crippen molar-refractivity contribution in [3.63, 3.8) is 0 Å². The van der Waals surface area contributed by atoms with Gasteiger partial charge in [0.25, 0.3) is 0 Å². The number of hydrogen-bond donors (Lipinski definition) is 2. The second-order valence-electron chi connectivity index (χ2n) is 5.22. The maximum Gasteiger partial charge on any atom is 0.407 e. The lowest BCUT2D eigenvalue weighted by Gasteiger charge is -2.29. The number of amides is 1. The summed E-state index contributed by atoms with van der Waals surface area (Å²) in [4.78, 5) is 11.5. The Balaban J connectivity index is 2.31. The van der Waals surface area contributed by atoms with Gasteiger partial charge in [-0.25, -0.2) is 4.79 Å². The van der Waals surface area contributed by atoms with Crippen LogP contribution in [0.25, 0.3) is 0 Å². The van der Waals surface area contributed by atoms with Crippen LogP contribution in [0, 0.1) is 0 Å². The number of nitrogens with one attached hydrogen (secondary N) is 2. The molecule has 0 spiro atoms. The topological polar surface area (TPSA) is 50.4 Å². The highest BCUT2D eigenvalue weighted by atomic mass is 16.6. The predicted octanol–water partition coefficient (Wildman–Crippen LogP) is 1.65. The van der Waals surface area contributed by atoms with E-state index in [-0.39, 0.29) is 12.1 Å². The Bertz CT molecular complexity index is 223. The van der Waals surface area contributed by atoms with E-state index >= 15 is 0 Å². The summed E-state index contributed by atoms with van der Waals surface area (Å²) >= 11 is 0. The van der Waals surface area contributed by atoms with Gasteiger partial charge in [-0.2, -0.15) is 0 Å². The van der Waals surface area contributed by atoms with Crippen LogP contribution in [0.5, 0.6) is 0 Å². The second-order valence-corrected chi connectivity index (χ2v) is 5.22. The van der Waals surface area contributed by atoms with Gasteiger partial charge in [-0.3, -0.25) is 0 Å². The highest BCUT2D eigenvalue weighted by molar-refractivity contribution is 5.68. The van der Waals surface area contributed by atoms with Crippen LogP contribution in [0.3, 0.4) is 0 Å². The fourth-order valence-electron chi connectivity index (χ4n) is 1.74. The first kappa shape index (κ1) is 12.3. The molecule has 0 aromatic heterocycles. The zero-order chi connectivity index (χ0) is 11.5. The third-order valence-electron chi connectivity index (χ3n) is 2.34. The Morgan fingerprint density at radius 1 is 1.47 bits per heavy atom. The van der Waals surface area contributed by atoms with Crippen molar-refractivity contribution < 1.29 is 9.53 Å². The van der Waals surface area contributed by atoms with Crippen LogP contribution in [0.4, 0.5) is 4.79 Å². The van der Waals surface area contributed by atoms with E-state index in [0.29, 0.717) is 6.04 Å². The van der Waals surface area contributed by atoms with Crippen LogP contribution in [0.2, 0.25) is 0 Å². The molecule has 1 heterocycles. The van der Waals surface area contributed by atoms with Crippen LogP contribution in [-0.2, 0) is 4.74 Å². The van der Waals surface area contributed by atoms with E-state index in [1.807, 2.05) is 20.8 Å². The van der Waals surface area contributed by atoms with Gasteiger partial charge in [-0.15, -0.1) is 0 Å². The Hall–Kier alpha value is -0.770. The van der Waals surface area contributed by atoms with Gasteiger partial charge in [0, 0.05) is 12.1 Å². The van der Waals surface area contributed by atoms with Crippen molar-refractivity contribution >= 4 is 6.09 Å². The molecular weight excluding hydrogens is 192 g/mol. The van der Waals surface area contributed by atoms with Gasteiger partial charge in [-0.1, -0.05) is 0 Å². The number of rotatable bonds is 1. The van der Waals surface area contributed by atoms with Crippen molar-refractivity contribution in [3.8, 4) is 0 Å². The minimum absolute atomic E-state index is 0.246. The molecule has 0 aliphatic carbocycles. The van der Waals surface area contributed by atoms with Crippen molar-refractivity contribution in [2.45, 2.75) is 58.2 Å². The average molecular weight is 214 g/mol. The fraction of sp³-hybridized carbons (Fsp3) is 0.909. The van der Waals surface area contributed by atoms with Gasteiger partial charge in [0.1, 0.15) is 5.60 Å². The van der Waals surface area contributed by atoms with E-state index < -0.39 is 5.60 Å². The minimum Gasteiger partial charge on any atom is -0.444 e. The maximum atomic E-state index is 11.5. The van der Waals surface area contributed by atoms with E-state index in [1.54, 1.807) is 0 Å². The summed E-state index contributed by atoms with van der Waals surface area (Å²) in [5.41, 5.74) is -0.414. The Morgan fingerprint density at radius 2 is 2.13 bits per heavy atom. The van der Waals surface area contributed by atoms with Gasteiger partial charge in [0.2, 0.25) is 0 Å². The highest BCUT2D eigenvalue weighted by Crippen LogP contribution is 2.11. The van der Waals surface area contributed by atoms with Gasteiger partial charge in [-0.05, 0) is 47.1 Å². The summed E-state index contributed by atoms with van der Waals surface area (Å²) in [6.07, 6.45) is 1.64. The van der Waals surface area contributed by atoms with Crippen molar-refractivity contribution in [2.75, 3.05) is 6.54 Å². The lowest BCUT2D eigenvalue weighted by molar-refractivity contribution is 0.0491. The molecule has 2 atom stereocenters. The van der Waals surface area contributed by atoms with E-state index in [2.05, 4.69) is 17.6 Å². The van der Waals surface area contributed by atoms with Crippen molar-refractivity contribution in [1.82, 2.24) is 10.6 Å². The molecule has 88 valence electrons. The third-order valence-corrected chi connectivity index (χ3v) is 2.34. The van der Waals surface area contributed by atoms with E-state index in [4.69, 9.17) is 4.74 Å². The number of carbonyl (C=O) groups is 1. The zero-order valence-electron chi connectivity index (χ0n) is 10.1. The molecular formula is C11H22N2O2. The maximum absolute atomic E-state index is 11.5. The first-order valence-corrected chi connectivity index (χ1v) is 5.60. The van der Waals surface area contributed by atoms with E-state index in [1.165, 1.54) is 0 Å². The lowest BCUT2D eigenvalue weighted by Crippen LogP contribution is -2.47. The molecule has 2 N–H and O–H groups in total. The molecule has 0 aromatic rings. The van der Waals surface area contributed by atoms with Crippen LogP contribution >= 0.6 is 0 Å². The minimum atomic E-state index is -0.414. The number of hydrogen-bond acceptors (Lipinski definition) is 3. The molecule has 0 saturated carbocycles. The summed E-state index contributed by atoms with van der Waals surface area (Å²) in [5, 5.41) is 6.25. The average Bonchev–Trinajstić information content (AvgIpc) is 1.99. The molecule has 1 aliphatic rings. The lowest BCUT2D eigenvalue weighted by atomic mass is 10.0. The number of carbonyl (C=O) groups excluding carboxylic acids is 1. The van der Waals surface area contributed by atoms with Gasteiger partial charge >= 0.3 is 6.09 Å². The van der Waals surface area contributed by atoms with Crippen LogP contribution < -0.4 is 10.6 Å². The molecule has 2 unspecified atom stereocenters. The normalized spacial score (nSPS) is 27.2. The van der Waals surface area contributed by atoms with E-state index in [9.17, 15) is 4.79 Å². The summed E-state index contributed by atoms with van der Waals surface area (Å²) in [6.45, 7) is 8.71. The molecule has 1 aliphatic heterocycles. The molecule has 0 radical (unpaired) electrons. The molecule has 1 rings (SSSR count). The Kier molecular flexibility index (Phi) is 3.97. The summed E-state index contributed by atoms with van der Waals surface area (Å²) in [6, 6.07) is 0.717. The SMILES string of the molecule is CC1CC(NC(=O)OC(C)(C)C)CCN1. The molecule has 15 heavy (non-hydrogen) atoms. The quantitative estimate of drug-likeness (QED) is 0.698. The number of alkyl carbamates (subject to hydrolysis) is 1. The van der Waals surface area contributed by atoms with Crippen molar-refractivity contribution in [1.29, 1.82) is 0 Å². The van der Waals surface area contributed by atoms with Gasteiger partial charge < -0.3 is 15.4 Å². The largest absolute Gasteiger partial charge is 0.444 e. The molecule has 0 bridgehead atoms. The number of ether oxygens (including phenoxy) is 1. The third kappa shape index (κ3) is 5.02. The van der Waals surface area contributed by atoms with Gasteiger partial charge in [0.05, 0.1) is 0 Å². The first-order chi connectivity index (χ1) is 6.87. The molecule has 4 nitrogen and oxygen atoms in total. The van der Waals surface area contributed by atoms with Crippen LogP contribution in [0.15, 0.2) is 0 Å². The van der Waals surface area contributed by atoms with E-state index in [0.717, 1.165) is 19.4 Å². The molecule has 1 amide bonds. The summed E-state index contributed by atoms with van der Waals surface area (Å²) in [5.74, 6) is 0. The molecule has 0 aromatic carbocycles. The smallest absolute Gasteiger partial charge is 0.407 e. The highest BCUT2D eigenvalue weighted by Gasteiger charge is 2.22. The second kappa shape index (κ2) is 4.84. The molecule has 4 heteroatoms. The first-order valence-electron chi connectivity index (χ1n) is 5.60. The monoisotopic (exact) mass is 214 g/mol. The van der Waals surface area contributed by atoms with Crippen LogP contribution in [0.1, 0.15) is 40.5 Å². The van der Waals surface area contributed by atoms with Gasteiger partial charge in [0.15, 0.2) is 0 Å². The summed E-state index contributed by atoms with van der Waals surface area (Å²) < 4.78 is 5.21. The Morgan fingerprint density at radius 3 is 2.67 bits per heavy atom. The van der Waals surface area contributed by atoms with Crippen LogP contribution in [-0.4, -0.2) is 30.3 Å². The zero-order valence-corrected chi connectivity index (χ0v) is 10.1. The standard InChI is InChI=1S/C11H22N2O2/c1-8-7-9(5-6-12-8)13-10(14)15-11(2,3)4/h8-9,12H,5-7H2,1-4H3,(H,13,14).